The Hall–Kier alpha value is -2.67. The van der Waals surface area contributed by atoms with Crippen LogP contribution in [-0.4, -0.2) is 69.5 Å². The first-order chi connectivity index (χ1) is 12.6. The number of carbonyl (C=O) groups excluding carboxylic acids is 2. The SMILES string of the molecule is CN1CCN(C(=O)c2cc3n(n2)CCN(Cc2ccccc2)C3)CC1=O. The molecule has 3 heterocycles. The van der Waals surface area contributed by atoms with E-state index in [9.17, 15) is 9.59 Å². The molecule has 0 aliphatic carbocycles. The molecule has 1 fully saturated rings. The van der Waals surface area contributed by atoms with E-state index in [1.807, 2.05) is 16.8 Å². The largest absolute Gasteiger partial charge is 0.342 e. The minimum atomic E-state index is -0.150. The van der Waals surface area contributed by atoms with Gasteiger partial charge >= 0.3 is 0 Å². The molecule has 1 saturated heterocycles. The fraction of sp³-hybridized carbons (Fsp3) is 0.421. The minimum Gasteiger partial charge on any atom is -0.342 e. The highest BCUT2D eigenvalue weighted by Gasteiger charge is 2.28. The Bertz CT molecular complexity index is 817. The van der Waals surface area contributed by atoms with Crippen molar-refractivity contribution in [3.63, 3.8) is 0 Å². The first kappa shape index (κ1) is 16.8. The van der Waals surface area contributed by atoms with Crippen molar-refractivity contribution in [3.05, 3.63) is 53.3 Å². The Balaban J connectivity index is 1.44. The molecule has 2 aliphatic heterocycles. The molecule has 2 amide bonds. The van der Waals surface area contributed by atoms with Crippen LogP contribution in [0.1, 0.15) is 21.7 Å². The lowest BCUT2D eigenvalue weighted by Crippen LogP contribution is -2.50. The van der Waals surface area contributed by atoms with Gasteiger partial charge in [-0.2, -0.15) is 5.10 Å². The zero-order chi connectivity index (χ0) is 18.1. The van der Waals surface area contributed by atoms with Crippen molar-refractivity contribution in [2.45, 2.75) is 19.6 Å². The minimum absolute atomic E-state index is 0.0254. The number of nitrogens with zero attached hydrogens (tertiary/aromatic N) is 5. The van der Waals surface area contributed by atoms with Gasteiger partial charge in [-0.3, -0.25) is 19.2 Å². The van der Waals surface area contributed by atoms with E-state index in [4.69, 9.17) is 0 Å². The first-order valence-corrected chi connectivity index (χ1v) is 8.96. The van der Waals surface area contributed by atoms with Crippen molar-refractivity contribution in [1.82, 2.24) is 24.5 Å². The number of likely N-dealkylation sites (N-methyl/N-ethyl adjacent to an activating group) is 1. The van der Waals surface area contributed by atoms with Crippen LogP contribution < -0.4 is 0 Å². The van der Waals surface area contributed by atoms with E-state index in [2.05, 4.69) is 34.3 Å². The summed E-state index contributed by atoms with van der Waals surface area (Å²) in [6.07, 6.45) is 0. The van der Waals surface area contributed by atoms with Crippen LogP contribution in [0.4, 0.5) is 0 Å². The van der Waals surface area contributed by atoms with Crippen molar-refractivity contribution >= 4 is 11.8 Å². The Labute approximate surface area is 152 Å². The number of amides is 2. The summed E-state index contributed by atoms with van der Waals surface area (Å²) in [4.78, 5) is 30.2. The summed E-state index contributed by atoms with van der Waals surface area (Å²) in [6.45, 7) is 4.62. The van der Waals surface area contributed by atoms with Crippen molar-refractivity contribution in [2.24, 2.45) is 0 Å². The predicted octanol–water partition coefficient (Wildman–Crippen LogP) is 0.813. The van der Waals surface area contributed by atoms with E-state index in [0.717, 1.165) is 31.9 Å². The van der Waals surface area contributed by atoms with E-state index in [1.165, 1.54) is 5.56 Å². The van der Waals surface area contributed by atoms with Gasteiger partial charge in [-0.15, -0.1) is 0 Å². The maximum Gasteiger partial charge on any atom is 0.274 e. The maximum atomic E-state index is 12.7. The summed E-state index contributed by atoms with van der Waals surface area (Å²) in [7, 11) is 1.76. The van der Waals surface area contributed by atoms with E-state index >= 15 is 0 Å². The predicted molar refractivity (Wildman–Crippen MR) is 96.3 cm³/mol. The monoisotopic (exact) mass is 353 g/mol. The molecule has 0 radical (unpaired) electrons. The zero-order valence-electron chi connectivity index (χ0n) is 15.0. The highest BCUT2D eigenvalue weighted by atomic mass is 16.2. The Morgan fingerprint density at radius 2 is 1.88 bits per heavy atom. The molecule has 7 heteroatoms. The summed E-state index contributed by atoms with van der Waals surface area (Å²) in [6, 6.07) is 12.3. The van der Waals surface area contributed by atoms with Crippen LogP contribution in [0, 0.1) is 0 Å². The molecule has 0 unspecified atom stereocenters. The second kappa shape index (κ2) is 6.92. The lowest BCUT2D eigenvalue weighted by atomic mass is 10.2. The molecule has 2 aliphatic rings. The van der Waals surface area contributed by atoms with Crippen LogP contribution in [0.25, 0.3) is 0 Å². The molecule has 1 aromatic carbocycles. The second-order valence-corrected chi connectivity index (χ2v) is 6.98. The van der Waals surface area contributed by atoms with Crippen LogP contribution in [0.15, 0.2) is 36.4 Å². The third kappa shape index (κ3) is 3.35. The Kier molecular flexibility index (Phi) is 4.46. The molecule has 0 N–H and O–H groups in total. The highest BCUT2D eigenvalue weighted by molar-refractivity contribution is 5.95. The van der Waals surface area contributed by atoms with Crippen molar-refractivity contribution < 1.29 is 9.59 Å². The van der Waals surface area contributed by atoms with Crippen LogP contribution in [0.5, 0.6) is 0 Å². The molecule has 7 nitrogen and oxygen atoms in total. The molecule has 2 aromatic rings. The van der Waals surface area contributed by atoms with Gasteiger partial charge in [0.25, 0.3) is 5.91 Å². The van der Waals surface area contributed by atoms with Gasteiger partial charge in [0.2, 0.25) is 5.91 Å². The van der Waals surface area contributed by atoms with E-state index in [0.29, 0.717) is 18.8 Å². The Morgan fingerprint density at radius 1 is 1.08 bits per heavy atom. The fourth-order valence-electron chi connectivity index (χ4n) is 3.50. The number of piperazine rings is 1. The summed E-state index contributed by atoms with van der Waals surface area (Å²) in [5.74, 6) is -0.175. The van der Waals surface area contributed by atoms with Gasteiger partial charge in [-0.05, 0) is 11.6 Å². The number of rotatable bonds is 3. The summed E-state index contributed by atoms with van der Waals surface area (Å²) in [5.41, 5.74) is 2.78. The lowest BCUT2D eigenvalue weighted by Gasteiger charge is -2.31. The zero-order valence-corrected chi connectivity index (χ0v) is 15.0. The molecule has 26 heavy (non-hydrogen) atoms. The van der Waals surface area contributed by atoms with E-state index < -0.39 is 0 Å². The van der Waals surface area contributed by atoms with Gasteiger partial charge in [-0.1, -0.05) is 30.3 Å². The summed E-state index contributed by atoms with van der Waals surface area (Å²) >= 11 is 0. The molecule has 4 rings (SSSR count). The average molecular weight is 353 g/mol. The number of aromatic nitrogens is 2. The number of hydrogen-bond acceptors (Lipinski definition) is 4. The fourth-order valence-corrected chi connectivity index (χ4v) is 3.50. The van der Waals surface area contributed by atoms with Gasteiger partial charge in [0.15, 0.2) is 5.69 Å². The standard InChI is InChI=1S/C19H23N5O2/c1-21-7-9-23(14-18(21)25)19(26)17-11-16-13-22(8-10-24(16)20-17)12-15-5-3-2-4-6-15/h2-6,11H,7-10,12-14H2,1H3. The number of carbonyl (C=O) groups is 2. The van der Waals surface area contributed by atoms with Crippen molar-refractivity contribution in [2.75, 3.05) is 33.2 Å². The van der Waals surface area contributed by atoms with Crippen LogP contribution in [0.3, 0.4) is 0 Å². The maximum absolute atomic E-state index is 12.7. The smallest absolute Gasteiger partial charge is 0.274 e. The molecule has 0 spiro atoms. The molecule has 0 saturated carbocycles. The molecular weight excluding hydrogens is 330 g/mol. The third-order valence-corrected chi connectivity index (χ3v) is 5.09. The van der Waals surface area contributed by atoms with Gasteiger partial charge < -0.3 is 9.80 Å². The summed E-state index contributed by atoms with van der Waals surface area (Å²) < 4.78 is 1.92. The van der Waals surface area contributed by atoms with E-state index in [-0.39, 0.29) is 18.4 Å². The number of fused-ring (bicyclic) bond motifs is 1. The van der Waals surface area contributed by atoms with Crippen molar-refractivity contribution in [1.29, 1.82) is 0 Å². The third-order valence-electron chi connectivity index (χ3n) is 5.09. The first-order valence-electron chi connectivity index (χ1n) is 8.96. The molecule has 1 aromatic heterocycles. The molecule has 0 bridgehead atoms. The van der Waals surface area contributed by atoms with Gasteiger partial charge in [0, 0.05) is 39.8 Å². The van der Waals surface area contributed by atoms with Gasteiger partial charge in [-0.25, -0.2) is 0 Å². The number of hydrogen-bond donors (Lipinski definition) is 0. The van der Waals surface area contributed by atoms with Crippen LogP contribution in [0.2, 0.25) is 0 Å². The lowest BCUT2D eigenvalue weighted by molar-refractivity contribution is -0.133. The van der Waals surface area contributed by atoms with Crippen molar-refractivity contribution in [3.8, 4) is 0 Å². The van der Waals surface area contributed by atoms with Crippen LogP contribution in [-0.2, 0) is 24.4 Å². The quantitative estimate of drug-likeness (QED) is 0.819. The molecular formula is C19H23N5O2. The average Bonchev–Trinajstić information content (AvgIpc) is 3.07. The number of benzene rings is 1. The molecule has 0 atom stereocenters. The highest BCUT2D eigenvalue weighted by Crippen LogP contribution is 2.17. The molecule has 136 valence electrons. The van der Waals surface area contributed by atoms with E-state index in [1.54, 1.807) is 16.8 Å². The van der Waals surface area contributed by atoms with Crippen LogP contribution >= 0.6 is 0 Å². The van der Waals surface area contributed by atoms with Gasteiger partial charge in [0.05, 0.1) is 12.2 Å². The normalized spacial score (nSPS) is 18.1. The van der Waals surface area contributed by atoms with Gasteiger partial charge in [0.1, 0.15) is 6.54 Å². The second-order valence-electron chi connectivity index (χ2n) is 6.98. The summed E-state index contributed by atoms with van der Waals surface area (Å²) in [5, 5.41) is 4.49. The Morgan fingerprint density at radius 3 is 2.65 bits per heavy atom. The topological polar surface area (TPSA) is 61.7 Å².